The lowest BCUT2D eigenvalue weighted by molar-refractivity contribution is -0.132. The molecule has 148 valence electrons. The largest absolute Gasteiger partial charge is 0.353 e. The molecular formula is C22H27ClN4O. The summed E-state index contributed by atoms with van der Waals surface area (Å²) in [5, 5.41) is 0.825. The molecule has 2 aliphatic heterocycles. The van der Waals surface area contributed by atoms with E-state index in [4.69, 9.17) is 11.6 Å². The van der Waals surface area contributed by atoms with Gasteiger partial charge in [0, 0.05) is 43.4 Å². The highest BCUT2D eigenvalue weighted by Gasteiger charge is 2.29. The van der Waals surface area contributed by atoms with Crippen LogP contribution in [0, 0.1) is 0 Å². The lowest BCUT2D eigenvalue weighted by atomic mass is 10.0. The van der Waals surface area contributed by atoms with Crippen LogP contribution in [0.4, 0.5) is 5.82 Å². The highest BCUT2D eigenvalue weighted by atomic mass is 35.5. The molecule has 0 bridgehead atoms. The number of likely N-dealkylation sites (tertiary alicyclic amines) is 1. The van der Waals surface area contributed by atoms with Crippen LogP contribution in [0.5, 0.6) is 0 Å². The molecule has 2 fully saturated rings. The van der Waals surface area contributed by atoms with Gasteiger partial charge in [-0.3, -0.25) is 9.69 Å². The minimum atomic E-state index is 0.242. The molecule has 5 nitrogen and oxygen atoms in total. The Labute approximate surface area is 171 Å². The molecule has 2 saturated heterocycles. The Morgan fingerprint density at radius 1 is 1.04 bits per heavy atom. The zero-order chi connectivity index (χ0) is 19.3. The van der Waals surface area contributed by atoms with Gasteiger partial charge >= 0.3 is 0 Å². The lowest BCUT2D eigenvalue weighted by Crippen LogP contribution is -2.52. The molecule has 0 radical (unpaired) electrons. The third kappa shape index (κ3) is 4.47. The molecule has 2 aromatic rings. The number of hydrogen-bond acceptors (Lipinski definition) is 4. The average molecular weight is 399 g/mol. The van der Waals surface area contributed by atoms with E-state index in [-0.39, 0.29) is 5.91 Å². The number of benzene rings is 1. The van der Waals surface area contributed by atoms with Crippen molar-refractivity contribution in [2.75, 3.05) is 44.2 Å². The summed E-state index contributed by atoms with van der Waals surface area (Å²) in [6, 6.07) is 14.4. The van der Waals surface area contributed by atoms with Crippen molar-refractivity contribution in [3.63, 3.8) is 0 Å². The predicted molar refractivity (Wildman–Crippen MR) is 113 cm³/mol. The fourth-order valence-electron chi connectivity index (χ4n) is 4.25. The molecule has 1 aromatic carbocycles. The molecule has 0 N–H and O–H groups in total. The Balaban J connectivity index is 1.30. The Morgan fingerprint density at radius 2 is 1.82 bits per heavy atom. The molecule has 4 rings (SSSR count). The first-order chi connectivity index (χ1) is 13.7. The zero-order valence-corrected chi connectivity index (χ0v) is 16.9. The van der Waals surface area contributed by atoms with Gasteiger partial charge in [-0.05, 0) is 49.6 Å². The van der Waals surface area contributed by atoms with Crippen LogP contribution in [-0.4, -0.2) is 66.0 Å². The van der Waals surface area contributed by atoms with Crippen LogP contribution >= 0.6 is 11.6 Å². The molecule has 3 heterocycles. The maximum Gasteiger partial charge on any atom is 0.236 e. The standard InChI is InChI=1S/C22H27ClN4O/c23-20-8-2-1-6-18(20)16-19-7-5-11-27(19)17-22(28)26-14-12-25(13-15-26)21-9-3-4-10-24-21/h1-4,6,8-10,19H,5,7,11-17H2. The van der Waals surface area contributed by atoms with Gasteiger partial charge in [-0.25, -0.2) is 4.98 Å². The fraction of sp³-hybridized carbons (Fsp3) is 0.455. The smallest absolute Gasteiger partial charge is 0.236 e. The number of carbonyl (C=O) groups excluding carboxylic acids is 1. The number of aromatic nitrogens is 1. The number of hydrogen-bond donors (Lipinski definition) is 0. The van der Waals surface area contributed by atoms with Gasteiger partial charge in [0.2, 0.25) is 5.91 Å². The van der Waals surface area contributed by atoms with Crippen molar-refractivity contribution in [3.8, 4) is 0 Å². The summed E-state index contributed by atoms with van der Waals surface area (Å²) in [6.07, 6.45) is 5.02. The van der Waals surface area contributed by atoms with Gasteiger partial charge in [-0.15, -0.1) is 0 Å². The normalized spacial score (nSPS) is 20.5. The van der Waals surface area contributed by atoms with Gasteiger partial charge in [0.25, 0.3) is 0 Å². The van der Waals surface area contributed by atoms with E-state index < -0.39 is 0 Å². The minimum absolute atomic E-state index is 0.242. The van der Waals surface area contributed by atoms with Gasteiger partial charge < -0.3 is 9.80 Å². The molecular weight excluding hydrogens is 372 g/mol. The Hall–Kier alpha value is -2.11. The van der Waals surface area contributed by atoms with Crippen molar-refractivity contribution in [1.82, 2.24) is 14.8 Å². The topological polar surface area (TPSA) is 39.7 Å². The van der Waals surface area contributed by atoms with E-state index in [0.29, 0.717) is 12.6 Å². The summed E-state index contributed by atoms with van der Waals surface area (Å²) in [6.45, 7) is 4.71. The number of halogens is 1. The molecule has 1 unspecified atom stereocenters. The molecule has 2 aliphatic rings. The first-order valence-corrected chi connectivity index (χ1v) is 10.5. The third-order valence-corrected chi connectivity index (χ3v) is 6.23. The highest BCUT2D eigenvalue weighted by molar-refractivity contribution is 6.31. The Morgan fingerprint density at radius 3 is 2.57 bits per heavy atom. The van der Waals surface area contributed by atoms with Crippen molar-refractivity contribution in [3.05, 3.63) is 59.2 Å². The maximum atomic E-state index is 12.9. The zero-order valence-electron chi connectivity index (χ0n) is 16.1. The molecule has 1 amide bonds. The number of rotatable bonds is 5. The molecule has 1 aromatic heterocycles. The van der Waals surface area contributed by atoms with Gasteiger partial charge in [0.15, 0.2) is 0 Å². The molecule has 1 atom stereocenters. The SMILES string of the molecule is O=C(CN1CCCC1Cc1ccccc1Cl)N1CCN(c2ccccn2)CC1. The molecule has 6 heteroatoms. The van der Waals surface area contributed by atoms with E-state index in [1.165, 1.54) is 5.56 Å². The van der Waals surface area contributed by atoms with Crippen molar-refractivity contribution >= 4 is 23.3 Å². The van der Waals surface area contributed by atoms with Gasteiger partial charge in [0.1, 0.15) is 5.82 Å². The van der Waals surface area contributed by atoms with Crippen molar-refractivity contribution in [2.24, 2.45) is 0 Å². The van der Waals surface area contributed by atoms with Gasteiger partial charge in [-0.1, -0.05) is 35.9 Å². The van der Waals surface area contributed by atoms with E-state index in [0.717, 1.165) is 62.8 Å². The first-order valence-electron chi connectivity index (χ1n) is 10.1. The van der Waals surface area contributed by atoms with Crippen LogP contribution in [-0.2, 0) is 11.2 Å². The second kappa shape index (κ2) is 8.93. The van der Waals surface area contributed by atoms with Crippen LogP contribution in [0.15, 0.2) is 48.7 Å². The molecule has 28 heavy (non-hydrogen) atoms. The summed E-state index contributed by atoms with van der Waals surface area (Å²) < 4.78 is 0. The van der Waals surface area contributed by atoms with Gasteiger partial charge in [0.05, 0.1) is 6.54 Å². The monoisotopic (exact) mass is 398 g/mol. The highest BCUT2D eigenvalue weighted by Crippen LogP contribution is 2.25. The third-order valence-electron chi connectivity index (χ3n) is 5.86. The van der Waals surface area contributed by atoms with E-state index >= 15 is 0 Å². The van der Waals surface area contributed by atoms with Gasteiger partial charge in [-0.2, -0.15) is 0 Å². The molecule has 0 aliphatic carbocycles. The number of piperazine rings is 1. The Kier molecular flexibility index (Phi) is 6.13. The van der Waals surface area contributed by atoms with Crippen LogP contribution in [0.25, 0.3) is 0 Å². The van der Waals surface area contributed by atoms with Crippen LogP contribution in [0.2, 0.25) is 5.02 Å². The predicted octanol–water partition coefficient (Wildman–Crippen LogP) is 3.09. The minimum Gasteiger partial charge on any atom is -0.353 e. The van der Waals surface area contributed by atoms with Crippen LogP contribution in [0.1, 0.15) is 18.4 Å². The van der Waals surface area contributed by atoms with Crippen LogP contribution < -0.4 is 4.90 Å². The van der Waals surface area contributed by atoms with Crippen LogP contribution in [0.3, 0.4) is 0 Å². The summed E-state index contributed by atoms with van der Waals surface area (Å²) in [5.74, 6) is 1.24. The lowest BCUT2D eigenvalue weighted by Gasteiger charge is -2.36. The van der Waals surface area contributed by atoms with E-state index in [2.05, 4.69) is 20.9 Å². The van der Waals surface area contributed by atoms with E-state index in [9.17, 15) is 4.79 Å². The van der Waals surface area contributed by atoms with Crippen molar-refractivity contribution in [1.29, 1.82) is 0 Å². The van der Waals surface area contributed by atoms with Crippen molar-refractivity contribution in [2.45, 2.75) is 25.3 Å². The number of anilines is 1. The quantitative estimate of drug-likeness (QED) is 0.775. The maximum absolute atomic E-state index is 12.9. The average Bonchev–Trinajstić information content (AvgIpc) is 3.17. The second-order valence-corrected chi connectivity index (χ2v) is 8.03. The number of nitrogens with zero attached hydrogens (tertiary/aromatic N) is 4. The molecule has 0 saturated carbocycles. The molecule has 0 spiro atoms. The second-order valence-electron chi connectivity index (χ2n) is 7.62. The summed E-state index contributed by atoms with van der Waals surface area (Å²) >= 11 is 6.34. The number of carbonyl (C=O) groups is 1. The number of amides is 1. The fourth-order valence-corrected chi connectivity index (χ4v) is 4.46. The first kappa shape index (κ1) is 19.2. The summed E-state index contributed by atoms with van der Waals surface area (Å²) in [5.41, 5.74) is 1.18. The summed E-state index contributed by atoms with van der Waals surface area (Å²) in [7, 11) is 0. The summed E-state index contributed by atoms with van der Waals surface area (Å²) in [4.78, 5) is 23.9. The number of pyridine rings is 1. The Bertz CT molecular complexity index is 792. The van der Waals surface area contributed by atoms with E-state index in [1.54, 1.807) is 0 Å². The van der Waals surface area contributed by atoms with E-state index in [1.807, 2.05) is 47.5 Å². The van der Waals surface area contributed by atoms with Crippen molar-refractivity contribution < 1.29 is 4.79 Å².